The van der Waals surface area contributed by atoms with Crippen molar-refractivity contribution in [2.24, 2.45) is 5.92 Å². The molecule has 2 aromatic carbocycles. The average molecular weight is 470 g/mol. The van der Waals surface area contributed by atoms with Gasteiger partial charge in [-0.25, -0.2) is 8.42 Å². The summed E-state index contributed by atoms with van der Waals surface area (Å²) in [6.07, 6.45) is 3.35. The van der Waals surface area contributed by atoms with E-state index in [4.69, 9.17) is 23.2 Å². The lowest BCUT2D eigenvalue weighted by atomic mass is 9.99. The van der Waals surface area contributed by atoms with E-state index in [2.05, 4.69) is 10.6 Å². The van der Waals surface area contributed by atoms with Gasteiger partial charge in [0.2, 0.25) is 10.0 Å². The van der Waals surface area contributed by atoms with Crippen LogP contribution in [0.4, 0.5) is 5.69 Å². The summed E-state index contributed by atoms with van der Waals surface area (Å²) in [6.45, 7) is 2.60. The van der Waals surface area contributed by atoms with Crippen LogP contribution in [0.5, 0.6) is 0 Å². The molecule has 0 radical (unpaired) electrons. The van der Waals surface area contributed by atoms with Crippen molar-refractivity contribution in [3.05, 3.63) is 63.6 Å². The van der Waals surface area contributed by atoms with E-state index in [0.29, 0.717) is 39.3 Å². The van der Waals surface area contributed by atoms with Gasteiger partial charge >= 0.3 is 0 Å². The maximum absolute atomic E-state index is 12.4. The number of amides is 1. The number of hydrogen-bond acceptors (Lipinski definition) is 4. The lowest BCUT2D eigenvalue weighted by Crippen LogP contribution is -2.38. The van der Waals surface area contributed by atoms with Gasteiger partial charge in [0.05, 0.1) is 28.5 Å². The van der Waals surface area contributed by atoms with Gasteiger partial charge in [0, 0.05) is 12.1 Å². The Hall–Kier alpha value is -1.80. The second kappa shape index (κ2) is 10.0. The Labute approximate surface area is 187 Å². The summed E-state index contributed by atoms with van der Waals surface area (Å²) in [4.78, 5) is 12.4. The fraction of sp³-hybridized carbons (Fsp3) is 0.381. The van der Waals surface area contributed by atoms with Gasteiger partial charge in [0.25, 0.3) is 5.91 Å². The Bertz CT molecular complexity index is 991. The zero-order valence-electron chi connectivity index (χ0n) is 16.7. The predicted octanol–water partition coefficient (Wildman–Crippen LogP) is 3.69. The van der Waals surface area contributed by atoms with Crippen molar-refractivity contribution in [3.63, 3.8) is 0 Å². The SMILES string of the molecule is CS(=O)(=O)N(Cc1cccc(Cl)c1Cl)c1ccc(C(=O)NCC2CCCNC2)cc1. The number of carbonyl (C=O) groups is 1. The molecule has 1 aliphatic rings. The van der Waals surface area contributed by atoms with Gasteiger partial charge in [-0.15, -0.1) is 0 Å². The Morgan fingerprint density at radius 2 is 1.93 bits per heavy atom. The largest absolute Gasteiger partial charge is 0.352 e. The first-order valence-electron chi connectivity index (χ1n) is 9.75. The highest BCUT2D eigenvalue weighted by Crippen LogP contribution is 2.29. The number of halogens is 2. The van der Waals surface area contributed by atoms with E-state index in [0.717, 1.165) is 32.2 Å². The molecule has 9 heteroatoms. The van der Waals surface area contributed by atoms with Crippen molar-refractivity contribution in [1.82, 2.24) is 10.6 Å². The van der Waals surface area contributed by atoms with Gasteiger partial charge < -0.3 is 10.6 Å². The highest BCUT2D eigenvalue weighted by atomic mass is 35.5. The van der Waals surface area contributed by atoms with E-state index in [9.17, 15) is 13.2 Å². The summed E-state index contributed by atoms with van der Waals surface area (Å²) in [6, 6.07) is 11.6. The predicted molar refractivity (Wildman–Crippen MR) is 122 cm³/mol. The molecule has 3 rings (SSSR count). The van der Waals surface area contributed by atoms with Crippen molar-refractivity contribution in [1.29, 1.82) is 0 Å². The summed E-state index contributed by atoms with van der Waals surface area (Å²) in [5.41, 5.74) is 1.52. The van der Waals surface area contributed by atoms with Crippen LogP contribution in [0, 0.1) is 5.92 Å². The quantitative estimate of drug-likeness (QED) is 0.647. The van der Waals surface area contributed by atoms with Crippen LogP contribution < -0.4 is 14.9 Å². The van der Waals surface area contributed by atoms with Gasteiger partial charge in [-0.2, -0.15) is 0 Å². The molecule has 0 aromatic heterocycles. The molecule has 30 heavy (non-hydrogen) atoms. The number of carbonyl (C=O) groups excluding carboxylic acids is 1. The molecule has 0 bridgehead atoms. The second-order valence-electron chi connectivity index (χ2n) is 7.45. The lowest BCUT2D eigenvalue weighted by molar-refractivity contribution is 0.0945. The maximum Gasteiger partial charge on any atom is 0.251 e. The van der Waals surface area contributed by atoms with Crippen LogP contribution in [0.2, 0.25) is 10.0 Å². The molecule has 1 aliphatic heterocycles. The Morgan fingerprint density at radius 3 is 2.57 bits per heavy atom. The first-order chi connectivity index (χ1) is 14.3. The summed E-state index contributed by atoms with van der Waals surface area (Å²) < 4.78 is 26.0. The molecule has 162 valence electrons. The number of rotatable bonds is 7. The van der Waals surface area contributed by atoms with E-state index >= 15 is 0 Å². The van der Waals surface area contributed by atoms with Gasteiger partial charge in [-0.05, 0) is 67.7 Å². The Morgan fingerprint density at radius 1 is 1.20 bits per heavy atom. The topological polar surface area (TPSA) is 78.5 Å². The number of anilines is 1. The van der Waals surface area contributed by atoms with Crippen LogP contribution in [0.1, 0.15) is 28.8 Å². The molecule has 1 fully saturated rings. The number of benzene rings is 2. The van der Waals surface area contributed by atoms with Gasteiger partial charge in [0.1, 0.15) is 0 Å². The van der Waals surface area contributed by atoms with E-state index in [1.165, 1.54) is 4.31 Å². The summed E-state index contributed by atoms with van der Waals surface area (Å²) in [5.74, 6) is 0.265. The van der Waals surface area contributed by atoms with Crippen molar-refractivity contribution < 1.29 is 13.2 Å². The van der Waals surface area contributed by atoms with Crippen LogP contribution in [-0.2, 0) is 16.6 Å². The molecule has 1 saturated heterocycles. The fourth-order valence-corrected chi connectivity index (χ4v) is 4.70. The first kappa shape index (κ1) is 22.9. The molecule has 2 aromatic rings. The number of nitrogens with one attached hydrogen (secondary N) is 2. The van der Waals surface area contributed by atoms with Crippen LogP contribution in [0.3, 0.4) is 0 Å². The molecular weight excluding hydrogens is 445 g/mol. The minimum Gasteiger partial charge on any atom is -0.352 e. The minimum absolute atomic E-state index is 0.0401. The van der Waals surface area contributed by atoms with E-state index < -0.39 is 10.0 Å². The molecule has 2 N–H and O–H groups in total. The van der Waals surface area contributed by atoms with Crippen LogP contribution in [0.25, 0.3) is 0 Å². The first-order valence-corrected chi connectivity index (χ1v) is 12.4. The Kier molecular flexibility index (Phi) is 7.63. The third-order valence-electron chi connectivity index (χ3n) is 5.11. The zero-order chi connectivity index (χ0) is 21.7. The number of nitrogens with zero attached hydrogens (tertiary/aromatic N) is 1. The highest BCUT2D eigenvalue weighted by Gasteiger charge is 2.20. The third kappa shape index (κ3) is 5.88. The maximum atomic E-state index is 12.4. The summed E-state index contributed by atoms with van der Waals surface area (Å²) in [7, 11) is -3.58. The standard InChI is InChI=1S/C21H25Cl2N3O3S/c1-30(28,29)26(14-17-5-2-6-19(22)20(17)23)18-9-7-16(8-10-18)21(27)25-13-15-4-3-11-24-12-15/h2,5-10,15,24H,3-4,11-14H2,1H3,(H,25,27). The zero-order valence-corrected chi connectivity index (χ0v) is 19.0. The molecular formula is C21H25Cl2N3O3S. The van der Waals surface area contributed by atoms with Gasteiger partial charge in [0.15, 0.2) is 0 Å². The third-order valence-corrected chi connectivity index (χ3v) is 7.11. The second-order valence-corrected chi connectivity index (χ2v) is 10.1. The molecule has 0 saturated carbocycles. The van der Waals surface area contributed by atoms with E-state index in [-0.39, 0.29) is 12.5 Å². The Balaban J connectivity index is 1.72. The fourth-order valence-electron chi connectivity index (χ4n) is 3.44. The van der Waals surface area contributed by atoms with Crippen LogP contribution in [-0.4, -0.2) is 40.2 Å². The summed E-state index contributed by atoms with van der Waals surface area (Å²) in [5, 5.41) is 6.97. The summed E-state index contributed by atoms with van der Waals surface area (Å²) >= 11 is 12.3. The minimum atomic E-state index is -3.58. The van der Waals surface area contributed by atoms with Gasteiger partial charge in [-0.1, -0.05) is 35.3 Å². The molecule has 0 aliphatic carbocycles. The van der Waals surface area contributed by atoms with Gasteiger partial charge in [-0.3, -0.25) is 9.10 Å². The lowest BCUT2D eigenvalue weighted by Gasteiger charge is -2.24. The normalized spacial score (nSPS) is 16.8. The molecule has 0 spiro atoms. The molecule has 6 nitrogen and oxygen atoms in total. The molecule has 1 amide bonds. The number of hydrogen-bond donors (Lipinski definition) is 2. The number of sulfonamides is 1. The van der Waals surface area contributed by atoms with Crippen molar-refractivity contribution in [2.45, 2.75) is 19.4 Å². The van der Waals surface area contributed by atoms with E-state index in [1.54, 1.807) is 42.5 Å². The average Bonchev–Trinajstić information content (AvgIpc) is 2.73. The van der Waals surface area contributed by atoms with Crippen molar-refractivity contribution in [3.8, 4) is 0 Å². The van der Waals surface area contributed by atoms with Crippen molar-refractivity contribution in [2.75, 3.05) is 30.2 Å². The van der Waals surface area contributed by atoms with Crippen LogP contribution >= 0.6 is 23.2 Å². The highest BCUT2D eigenvalue weighted by molar-refractivity contribution is 7.92. The molecule has 1 unspecified atom stereocenters. The van der Waals surface area contributed by atoms with Crippen LogP contribution in [0.15, 0.2) is 42.5 Å². The number of piperidine rings is 1. The smallest absolute Gasteiger partial charge is 0.251 e. The van der Waals surface area contributed by atoms with Crippen molar-refractivity contribution >= 4 is 44.8 Å². The monoisotopic (exact) mass is 469 g/mol. The van der Waals surface area contributed by atoms with E-state index in [1.807, 2.05) is 0 Å². The molecule has 1 heterocycles. The molecule has 1 atom stereocenters.